The Labute approximate surface area is 205 Å². The molecule has 35 heavy (non-hydrogen) atoms. The highest BCUT2D eigenvalue weighted by Crippen LogP contribution is 2.32. The van der Waals surface area contributed by atoms with Crippen molar-refractivity contribution in [1.82, 2.24) is 0 Å². The number of benzene rings is 3. The van der Waals surface area contributed by atoms with Crippen LogP contribution in [-0.2, 0) is 25.0 Å². The molecule has 3 aromatic carbocycles. The van der Waals surface area contributed by atoms with E-state index in [9.17, 15) is 35.8 Å². The molecule has 0 spiro atoms. The molecule has 0 aliphatic rings. The van der Waals surface area contributed by atoms with Gasteiger partial charge >= 0.3 is 0 Å². The molecule has 0 saturated heterocycles. The summed E-state index contributed by atoms with van der Waals surface area (Å²) in [5.74, 6) is -1.58. The van der Waals surface area contributed by atoms with Gasteiger partial charge in [0.1, 0.15) is 31.7 Å². The minimum atomic E-state index is -4.99. The maximum atomic E-state index is 12.8. The average molecular weight is 538 g/mol. The zero-order valence-electron chi connectivity index (χ0n) is 18.0. The Morgan fingerprint density at radius 3 is 2.14 bits per heavy atom. The van der Waals surface area contributed by atoms with Crippen molar-refractivity contribution >= 4 is 59.9 Å². The van der Waals surface area contributed by atoms with Gasteiger partial charge in [-0.05, 0) is 43.7 Å². The number of anilines is 1. The number of aryl methyl sites for hydroxylation is 1. The second-order valence-corrected chi connectivity index (χ2v) is 10.3. The Morgan fingerprint density at radius 1 is 0.971 bits per heavy atom. The SMILES string of the molecule is CC(O)=C(N=Nc1cc(C)c(Cl)cc1S(=O)(=O)[O-])C(=O)Nc1ccc(S(=O)(=O)[O-])c2ccccc12. The van der Waals surface area contributed by atoms with Crippen LogP contribution in [0.2, 0.25) is 5.02 Å². The average Bonchev–Trinajstić information content (AvgIpc) is 2.74. The van der Waals surface area contributed by atoms with Crippen molar-refractivity contribution < 1.29 is 35.8 Å². The molecule has 0 aliphatic carbocycles. The summed E-state index contributed by atoms with van der Waals surface area (Å²) in [6.45, 7) is 2.65. The van der Waals surface area contributed by atoms with Crippen molar-refractivity contribution in [2.24, 2.45) is 10.2 Å². The van der Waals surface area contributed by atoms with Gasteiger partial charge in [0, 0.05) is 21.5 Å². The van der Waals surface area contributed by atoms with Crippen LogP contribution in [0.15, 0.2) is 80.0 Å². The largest absolute Gasteiger partial charge is 0.744 e. The molecule has 0 bridgehead atoms. The fourth-order valence-corrected chi connectivity index (χ4v) is 4.62. The number of azo groups is 1. The third-order valence-electron chi connectivity index (χ3n) is 4.73. The quantitative estimate of drug-likeness (QED) is 0.203. The van der Waals surface area contributed by atoms with Crippen LogP contribution in [0.5, 0.6) is 0 Å². The molecular formula is C21H16ClN3O8S2-2. The summed E-state index contributed by atoms with van der Waals surface area (Å²) in [5, 5.41) is 20.0. The molecule has 0 saturated carbocycles. The first-order valence-corrected chi connectivity index (χ1v) is 12.8. The van der Waals surface area contributed by atoms with Crippen LogP contribution < -0.4 is 5.32 Å². The van der Waals surface area contributed by atoms with E-state index in [4.69, 9.17) is 11.6 Å². The molecule has 0 aliphatic heterocycles. The summed E-state index contributed by atoms with van der Waals surface area (Å²) in [4.78, 5) is 11.6. The van der Waals surface area contributed by atoms with Crippen molar-refractivity contribution in [2.45, 2.75) is 23.6 Å². The third kappa shape index (κ3) is 5.83. The first kappa shape index (κ1) is 26.2. The molecule has 11 nitrogen and oxygen atoms in total. The highest BCUT2D eigenvalue weighted by atomic mass is 35.5. The van der Waals surface area contributed by atoms with Crippen LogP contribution in [0.1, 0.15) is 12.5 Å². The predicted molar refractivity (Wildman–Crippen MR) is 125 cm³/mol. The first-order chi connectivity index (χ1) is 16.2. The molecule has 0 fully saturated rings. The van der Waals surface area contributed by atoms with Gasteiger partial charge in [0.05, 0.1) is 9.79 Å². The van der Waals surface area contributed by atoms with Crippen molar-refractivity contribution in [2.75, 3.05) is 5.32 Å². The second-order valence-electron chi connectivity index (χ2n) is 7.22. The van der Waals surface area contributed by atoms with Crippen LogP contribution in [0.4, 0.5) is 11.4 Å². The molecule has 0 radical (unpaired) electrons. The molecule has 1 amide bonds. The third-order valence-corrected chi connectivity index (χ3v) is 6.89. The highest BCUT2D eigenvalue weighted by Gasteiger charge is 2.18. The van der Waals surface area contributed by atoms with E-state index < -0.39 is 53.1 Å². The highest BCUT2D eigenvalue weighted by molar-refractivity contribution is 7.86. The number of allylic oxidation sites excluding steroid dienone is 1. The lowest BCUT2D eigenvalue weighted by molar-refractivity contribution is -0.113. The van der Waals surface area contributed by atoms with Crippen molar-refractivity contribution in [3.05, 3.63) is 70.6 Å². The van der Waals surface area contributed by atoms with Crippen molar-refractivity contribution in [3.8, 4) is 0 Å². The maximum absolute atomic E-state index is 12.8. The Morgan fingerprint density at radius 2 is 1.57 bits per heavy atom. The molecule has 3 aromatic rings. The number of nitrogens with one attached hydrogen (secondary N) is 1. The normalized spacial score (nSPS) is 13.2. The van der Waals surface area contributed by atoms with E-state index in [1.807, 2.05) is 0 Å². The van der Waals surface area contributed by atoms with E-state index in [0.717, 1.165) is 19.1 Å². The van der Waals surface area contributed by atoms with Crippen LogP contribution in [0, 0.1) is 6.92 Å². The van der Waals surface area contributed by atoms with Gasteiger partial charge < -0.3 is 19.5 Å². The van der Waals surface area contributed by atoms with Crippen molar-refractivity contribution in [3.63, 3.8) is 0 Å². The molecular weight excluding hydrogens is 522 g/mol. The summed E-state index contributed by atoms with van der Waals surface area (Å²) < 4.78 is 69.4. The number of aliphatic hydroxyl groups excluding tert-OH is 1. The van der Waals surface area contributed by atoms with E-state index in [1.165, 1.54) is 37.3 Å². The number of nitrogens with zero attached hydrogens (tertiary/aromatic N) is 2. The van der Waals surface area contributed by atoms with Gasteiger partial charge in [0.25, 0.3) is 5.91 Å². The Hall–Kier alpha value is -3.36. The number of hydrogen-bond donors (Lipinski definition) is 2. The monoisotopic (exact) mass is 537 g/mol. The molecule has 0 aromatic heterocycles. The number of fused-ring (bicyclic) bond motifs is 1. The predicted octanol–water partition coefficient (Wildman–Crippen LogP) is 4.12. The molecule has 2 N–H and O–H groups in total. The maximum Gasteiger partial charge on any atom is 0.279 e. The van der Waals surface area contributed by atoms with E-state index in [0.29, 0.717) is 5.56 Å². The summed E-state index contributed by atoms with van der Waals surface area (Å²) in [5.41, 5.74) is -0.555. The number of halogens is 1. The number of carbonyl (C=O) groups is 1. The van der Waals surface area contributed by atoms with Gasteiger partial charge in [-0.2, -0.15) is 0 Å². The Bertz CT molecular complexity index is 1630. The lowest BCUT2D eigenvalue weighted by Gasteiger charge is -2.14. The number of rotatable bonds is 6. The number of carbonyl (C=O) groups excluding carboxylic acids is 1. The lowest BCUT2D eigenvalue weighted by Crippen LogP contribution is -2.15. The Kier molecular flexibility index (Phi) is 7.29. The molecule has 3 rings (SSSR count). The number of amides is 1. The topological polar surface area (TPSA) is 188 Å². The molecule has 0 heterocycles. The van der Waals surface area contributed by atoms with Crippen molar-refractivity contribution in [1.29, 1.82) is 0 Å². The summed E-state index contributed by atoms with van der Waals surface area (Å²) in [6, 6.07) is 10.2. The minimum Gasteiger partial charge on any atom is -0.744 e. The smallest absolute Gasteiger partial charge is 0.279 e. The zero-order valence-corrected chi connectivity index (χ0v) is 20.4. The van der Waals surface area contributed by atoms with Gasteiger partial charge in [-0.3, -0.25) is 4.79 Å². The first-order valence-electron chi connectivity index (χ1n) is 9.56. The van der Waals surface area contributed by atoms with Gasteiger partial charge in [-0.1, -0.05) is 35.9 Å². The fourth-order valence-electron chi connectivity index (χ4n) is 3.09. The molecule has 184 valence electrons. The second kappa shape index (κ2) is 9.71. The number of aliphatic hydroxyl groups is 1. The standard InChI is InChI=1S/C21H18ClN3O8S2/c1-11-9-17(19(10-15(11)22)35(31,32)33)24-25-20(12(2)26)21(27)23-16-7-8-18(34(28,29)30)14-6-4-3-5-13(14)16/h3-10,26H,1-2H3,(H,23,27)(H,28,29,30)(H,31,32,33)/p-2. The molecule has 14 heteroatoms. The summed E-state index contributed by atoms with van der Waals surface area (Å²) in [7, 11) is -9.79. The van der Waals surface area contributed by atoms with Crippen LogP contribution in [-0.4, -0.2) is 37.0 Å². The van der Waals surface area contributed by atoms with Crippen LogP contribution in [0.25, 0.3) is 10.8 Å². The van der Waals surface area contributed by atoms with E-state index in [2.05, 4.69) is 15.5 Å². The van der Waals surface area contributed by atoms with Gasteiger partial charge in [-0.25, -0.2) is 16.8 Å². The van der Waals surface area contributed by atoms with Gasteiger partial charge in [0.2, 0.25) is 0 Å². The van der Waals surface area contributed by atoms with E-state index in [-0.39, 0.29) is 21.5 Å². The van der Waals surface area contributed by atoms with Crippen LogP contribution >= 0.6 is 11.6 Å². The lowest BCUT2D eigenvalue weighted by atomic mass is 10.1. The van der Waals surface area contributed by atoms with Gasteiger partial charge in [0.15, 0.2) is 5.70 Å². The molecule has 0 atom stereocenters. The summed E-state index contributed by atoms with van der Waals surface area (Å²) in [6.07, 6.45) is 0. The Balaban J connectivity index is 2.03. The minimum absolute atomic E-state index is 0.000593. The fraction of sp³-hybridized carbons (Fsp3) is 0.0952. The van der Waals surface area contributed by atoms with E-state index >= 15 is 0 Å². The zero-order chi connectivity index (χ0) is 26.1. The van der Waals surface area contributed by atoms with Crippen LogP contribution in [0.3, 0.4) is 0 Å². The summed E-state index contributed by atoms with van der Waals surface area (Å²) >= 11 is 5.89. The number of hydrogen-bond acceptors (Lipinski definition) is 10. The van der Waals surface area contributed by atoms with Gasteiger partial charge in [-0.15, -0.1) is 10.2 Å². The van der Waals surface area contributed by atoms with E-state index in [1.54, 1.807) is 6.07 Å². The molecule has 0 unspecified atom stereocenters.